The highest BCUT2D eigenvalue weighted by Gasteiger charge is 2.18. The summed E-state index contributed by atoms with van der Waals surface area (Å²) >= 11 is 0. The first-order valence-electron chi connectivity index (χ1n) is 7.70. The van der Waals surface area contributed by atoms with Gasteiger partial charge >= 0.3 is 0 Å². The fourth-order valence-corrected chi connectivity index (χ4v) is 2.89. The van der Waals surface area contributed by atoms with Crippen molar-refractivity contribution in [1.82, 2.24) is 15.1 Å². The summed E-state index contributed by atoms with van der Waals surface area (Å²) in [6, 6.07) is 3.73. The molecule has 1 unspecified atom stereocenters. The van der Waals surface area contributed by atoms with Crippen molar-refractivity contribution in [2.24, 2.45) is 0 Å². The largest absolute Gasteiger partial charge is 0.313 e. The Balaban J connectivity index is 1.88. The Hall–Kier alpha value is -1.04. The van der Waals surface area contributed by atoms with E-state index in [-0.39, 0.29) is 6.04 Å². The predicted octanol–water partition coefficient (Wildman–Crippen LogP) is 2.25. The van der Waals surface area contributed by atoms with Crippen LogP contribution in [0.5, 0.6) is 0 Å². The number of halogens is 2. The topological polar surface area (TPSA) is 18.5 Å². The van der Waals surface area contributed by atoms with E-state index in [1.54, 1.807) is 0 Å². The summed E-state index contributed by atoms with van der Waals surface area (Å²) in [5.41, 5.74) is 0.683. The van der Waals surface area contributed by atoms with Crippen LogP contribution in [0.1, 0.15) is 24.9 Å². The maximum atomic E-state index is 13.3. The summed E-state index contributed by atoms with van der Waals surface area (Å²) in [7, 11) is 1.84. The lowest BCUT2D eigenvalue weighted by Gasteiger charge is -2.34. The molecule has 5 heteroatoms. The van der Waals surface area contributed by atoms with Crippen molar-refractivity contribution >= 4 is 0 Å². The summed E-state index contributed by atoms with van der Waals surface area (Å²) in [6.07, 6.45) is 0.853. The Labute approximate surface area is 125 Å². The van der Waals surface area contributed by atoms with Crippen LogP contribution in [-0.2, 0) is 0 Å². The molecule has 1 aliphatic rings. The smallest absolute Gasteiger partial charge is 0.126 e. The second kappa shape index (κ2) is 7.82. The van der Waals surface area contributed by atoms with Crippen LogP contribution >= 0.6 is 0 Å². The SMILES string of the molecule is CCN1CCN(CCC(NC)c2cc(F)cc(F)c2)CC1. The molecule has 1 aliphatic heterocycles. The number of nitrogens with one attached hydrogen (secondary N) is 1. The van der Waals surface area contributed by atoms with Gasteiger partial charge in [0.25, 0.3) is 0 Å². The predicted molar refractivity (Wildman–Crippen MR) is 81.3 cm³/mol. The van der Waals surface area contributed by atoms with Crippen molar-refractivity contribution in [1.29, 1.82) is 0 Å². The van der Waals surface area contributed by atoms with Gasteiger partial charge in [-0.25, -0.2) is 8.78 Å². The number of hydrogen-bond donors (Lipinski definition) is 1. The van der Waals surface area contributed by atoms with Gasteiger partial charge in [-0.15, -0.1) is 0 Å². The zero-order valence-corrected chi connectivity index (χ0v) is 12.9. The number of likely N-dealkylation sites (N-methyl/N-ethyl adjacent to an activating group) is 1. The maximum Gasteiger partial charge on any atom is 0.126 e. The fraction of sp³-hybridized carbons (Fsp3) is 0.625. The first-order chi connectivity index (χ1) is 10.1. The Morgan fingerprint density at radius 3 is 2.14 bits per heavy atom. The molecule has 3 nitrogen and oxygen atoms in total. The molecule has 21 heavy (non-hydrogen) atoms. The van der Waals surface area contributed by atoms with Crippen molar-refractivity contribution in [3.05, 3.63) is 35.4 Å². The fourth-order valence-electron chi connectivity index (χ4n) is 2.89. The first-order valence-corrected chi connectivity index (χ1v) is 7.70. The minimum atomic E-state index is -0.512. The second-order valence-corrected chi connectivity index (χ2v) is 5.61. The van der Waals surface area contributed by atoms with Gasteiger partial charge in [-0.1, -0.05) is 6.92 Å². The van der Waals surface area contributed by atoms with Crippen molar-refractivity contribution in [2.75, 3.05) is 46.3 Å². The highest BCUT2D eigenvalue weighted by Crippen LogP contribution is 2.20. The van der Waals surface area contributed by atoms with Crippen LogP contribution in [-0.4, -0.2) is 56.1 Å². The highest BCUT2D eigenvalue weighted by atomic mass is 19.1. The van der Waals surface area contributed by atoms with Gasteiger partial charge < -0.3 is 15.1 Å². The van der Waals surface area contributed by atoms with Crippen LogP contribution in [0.2, 0.25) is 0 Å². The van der Waals surface area contributed by atoms with Crippen molar-refractivity contribution < 1.29 is 8.78 Å². The summed E-state index contributed by atoms with van der Waals surface area (Å²) < 4.78 is 26.6. The Morgan fingerprint density at radius 2 is 1.62 bits per heavy atom. The molecule has 2 rings (SSSR count). The summed E-state index contributed by atoms with van der Waals surface area (Å²) in [5, 5.41) is 3.16. The lowest BCUT2D eigenvalue weighted by molar-refractivity contribution is 0.133. The number of piperazine rings is 1. The molecule has 0 radical (unpaired) electrons. The van der Waals surface area contributed by atoms with E-state index in [0.717, 1.165) is 51.8 Å². The van der Waals surface area contributed by atoms with Crippen LogP contribution in [0.4, 0.5) is 8.78 Å². The molecular weight excluding hydrogens is 272 g/mol. The van der Waals surface area contributed by atoms with Gasteiger partial charge in [-0.2, -0.15) is 0 Å². The molecule has 0 aromatic heterocycles. The number of rotatable bonds is 6. The Bertz CT molecular complexity index is 425. The molecule has 0 spiro atoms. The molecule has 1 N–H and O–H groups in total. The average Bonchev–Trinajstić information content (AvgIpc) is 2.47. The highest BCUT2D eigenvalue weighted by molar-refractivity contribution is 5.21. The van der Waals surface area contributed by atoms with Crippen LogP contribution in [0.15, 0.2) is 18.2 Å². The monoisotopic (exact) mass is 297 g/mol. The average molecular weight is 297 g/mol. The first kappa shape index (κ1) is 16.3. The molecule has 0 saturated carbocycles. The van der Waals surface area contributed by atoms with Crippen LogP contribution < -0.4 is 5.32 Å². The van der Waals surface area contributed by atoms with Crippen LogP contribution in [0.25, 0.3) is 0 Å². The van der Waals surface area contributed by atoms with Gasteiger partial charge in [0.05, 0.1) is 0 Å². The van der Waals surface area contributed by atoms with Gasteiger partial charge in [0.2, 0.25) is 0 Å². The Morgan fingerprint density at radius 1 is 1.05 bits per heavy atom. The van der Waals surface area contributed by atoms with E-state index in [0.29, 0.717) is 5.56 Å². The van der Waals surface area contributed by atoms with Crippen LogP contribution in [0.3, 0.4) is 0 Å². The lowest BCUT2D eigenvalue weighted by Crippen LogP contribution is -2.46. The molecule has 1 fully saturated rings. The normalized spacial score (nSPS) is 18.9. The molecule has 0 bridgehead atoms. The van der Waals surface area contributed by atoms with E-state index < -0.39 is 11.6 Å². The maximum absolute atomic E-state index is 13.3. The van der Waals surface area contributed by atoms with E-state index in [1.807, 2.05) is 7.05 Å². The van der Waals surface area contributed by atoms with Crippen molar-refractivity contribution in [3.8, 4) is 0 Å². The number of hydrogen-bond acceptors (Lipinski definition) is 3. The summed E-state index contributed by atoms with van der Waals surface area (Å²) in [5.74, 6) is -1.02. The van der Waals surface area contributed by atoms with Gasteiger partial charge in [-0.3, -0.25) is 0 Å². The standard InChI is InChI=1S/C16H25F2N3/c1-3-20-6-8-21(9-7-20)5-4-16(19-2)13-10-14(17)12-15(18)11-13/h10-12,16,19H,3-9H2,1-2H3. The molecule has 1 aromatic rings. The third-order valence-electron chi connectivity index (χ3n) is 4.28. The van der Waals surface area contributed by atoms with E-state index in [4.69, 9.17) is 0 Å². The van der Waals surface area contributed by atoms with Gasteiger partial charge in [0, 0.05) is 44.8 Å². The molecule has 0 amide bonds. The summed E-state index contributed by atoms with van der Waals surface area (Å²) in [4.78, 5) is 4.86. The van der Waals surface area contributed by atoms with Crippen molar-refractivity contribution in [3.63, 3.8) is 0 Å². The van der Waals surface area contributed by atoms with E-state index in [1.165, 1.54) is 12.1 Å². The molecular formula is C16H25F2N3. The lowest BCUT2D eigenvalue weighted by atomic mass is 10.0. The number of benzene rings is 1. The van der Waals surface area contributed by atoms with Crippen LogP contribution in [0, 0.1) is 11.6 Å². The quantitative estimate of drug-likeness (QED) is 0.869. The molecule has 1 aromatic carbocycles. The summed E-state index contributed by atoms with van der Waals surface area (Å²) in [6.45, 7) is 8.59. The zero-order chi connectivity index (χ0) is 15.2. The molecule has 1 saturated heterocycles. The molecule has 118 valence electrons. The molecule has 1 atom stereocenters. The second-order valence-electron chi connectivity index (χ2n) is 5.61. The zero-order valence-electron chi connectivity index (χ0n) is 12.9. The third-order valence-corrected chi connectivity index (χ3v) is 4.28. The minimum absolute atomic E-state index is 0.0144. The minimum Gasteiger partial charge on any atom is -0.313 e. The molecule has 1 heterocycles. The Kier molecular flexibility index (Phi) is 6.08. The van der Waals surface area contributed by atoms with Gasteiger partial charge in [-0.05, 0) is 37.7 Å². The number of nitrogens with zero attached hydrogens (tertiary/aromatic N) is 2. The van der Waals surface area contributed by atoms with Gasteiger partial charge in [0.15, 0.2) is 0 Å². The molecule has 0 aliphatic carbocycles. The van der Waals surface area contributed by atoms with Crippen molar-refractivity contribution in [2.45, 2.75) is 19.4 Å². The van der Waals surface area contributed by atoms with E-state index in [2.05, 4.69) is 22.0 Å². The van der Waals surface area contributed by atoms with Gasteiger partial charge in [0.1, 0.15) is 11.6 Å². The van der Waals surface area contributed by atoms with E-state index in [9.17, 15) is 8.78 Å². The van der Waals surface area contributed by atoms with E-state index >= 15 is 0 Å². The third kappa shape index (κ3) is 4.73.